The molecule has 1 unspecified atom stereocenters. The summed E-state index contributed by atoms with van der Waals surface area (Å²) in [7, 11) is 0. The zero-order chi connectivity index (χ0) is 41.5. The average Bonchev–Trinajstić information content (AvgIpc) is 3.21. The molecule has 0 aromatic carbocycles. The van der Waals surface area contributed by atoms with Crippen molar-refractivity contribution in [3.63, 3.8) is 0 Å². The SMILES string of the molecule is CC/C=C\C/C=C\C/C=C\C/C=C\C/C=C\CCCC(=O)OCC(COC(=O)C/C=C\C/C=C\C/C=C\CC)OC(=O)CCCCC/C=C\CCCCCCCC. The van der Waals surface area contributed by atoms with Crippen LogP contribution in [0.4, 0.5) is 0 Å². The fourth-order valence-corrected chi connectivity index (χ4v) is 5.47. The van der Waals surface area contributed by atoms with Crippen LogP contribution < -0.4 is 0 Å². The fourth-order valence-electron chi connectivity index (χ4n) is 5.47. The van der Waals surface area contributed by atoms with Gasteiger partial charge in [-0.2, -0.15) is 0 Å². The molecule has 0 aliphatic carbocycles. The van der Waals surface area contributed by atoms with Crippen molar-refractivity contribution in [2.75, 3.05) is 13.2 Å². The van der Waals surface area contributed by atoms with E-state index in [1.165, 1.54) is 38.5 Å². The summed E-state index contributed by atoms with van der Waals surface area (Å²) in [6.45, 7) is 6.20. The van der Waals surface area contributed by atoms with Crippen LogP contribution in [0.15, 0.2) is 109 Å². The first-order chi connectivity index (χ1) is 28.0. The minimum Gasteiger partial charge on any atom is -0.462 e. The van der Waals surface area contributed by atoms with Crippen LogP contribution in [0.2, 0.25) is 0 Å². The average molecular weight is 789 g/mol. The van der Waals surface area contributed by atoms with Crippen LogP contribution in [-0.2, 0) is 28.6 Å². The van der Waals surface area contributed by atoms with Crippen LogP contribution in [0.25, 0.3) is 0 Å². The molecule has 0 rings (SSSR count). The van der Waals surface area contributed by atoms with Crippen molar-refractivity contribution < 1.29 is 28.6 Å². The lowest BCUT2D eigenvalue weighted by atomic mass is 10.1. The maximum Gasteiger partial charge on any atom is 0.309 e. The number of hydrogen-bond acceptors (Lipinski definition) is 6. The topological polar surface area (TPSA) is 78.9 Å². The smallest absolute Gasteiger partial charge is 0.309 e. The van der Waals surface area contributed by atoms with E-state index in [0.717, 1.165) is 89.9 Å². The summed E-state index contributed by atoms with van der Waals surface area (Å²) in [4.78, 5) is 37.6. The molecule has 0 spiro atoms. The second-order valence-electron chi connectivity index (χ2n) is 14.2. The molecule has 6 nitrogen and oxygen atoms in total. The predicted octanol–water partition coefficient (Wildman–Crippen LogP) is 14.4. The van der Waals surface area contributed by atoms with Crippen LogP contribution in [0.3, 0.4) is 0 Å². The highest BCUT2D eigenvalue weighted by molar-refractivity contribution is 5.72. The van der Waals surface area contributed by atoms with E-state index in [9.17, 15) is 14.4 Å². The van der Waals surface area contributed by atoms with Gasteiger partial charge in [0.15, 0.2) is 6.10 Å². The lowest BCUT2D eigenvalue weighted by molar-refractivity contribution is -0.166. The van der Waals surface area contributed by atoms with E-state index in [0.29, 0.717) is 6.42 Å². The molecule has 1 atom stereocenters. The molecule has 0 heterocycles. The van der Waals surface area contributed by atoms with Gasteiger partial charge in [0.05, 0.1) is 6.42 Å². The van der Waals surface area contributed by atoms with Crippen molar-refractivity contribution in [3.05, 3.63) is 109 Å². The number of hydrogen-bond donors (Lipinski definition) is 0. The first-order valence-electron chi connectivity index (χ1n) is 22.4. The van der Waals surface area contributed by atoms with E-state index >= 15 is 0 Å². The minimum absolute atomic E-state index is 0.118. The molecule has 0 bridgehead atoms. The molecule has 0 saturated heterocycles. The molecule has 0 radical (unpaired) electrons. The molecule has 0 aliphatic heterocycles. The van der Waals surface area contributed by atoms with E-state index < -0.39 is 12.1 Å². The van der Waals surface area contributed by atoms with Gasteiger partial charge in [0.2, 0.25) is 0 Å². The Bertz CT molecular complexity index is 1230. The Morgan fingerprint density at radius 2 is 0.772 bits per heavy atom. The number of esters is 3. The zero-order valence-electron chi connectivity index (χ0n) is 36.3. The summed E-state index contributed by atoms with van der Waals surface area (Å²) in [5, 5.41) is 0. The number of ether oxygens (including phenoxy) is 3. The van der Waals surface area contributed by atoms with Crippen molar-refractivity contribution in [1.82, 2.24) is 0 Å². The van der Waals surface area contributed by atoms with Gasteiger partial charge in [-0.05, 0) is 96.3 Å². The summed E-state index contributed by atoms with van der Waals surface area (Å²) >= 11 is 0. The van der Waals surface area contributed by atoms with Crippen LogP contribution in [0.5, 0.6) is 0 Å². The highest BCUT2D eigenvalue weighted by atomic mass is 16.6. The number of carbonyl (C=O) groups is 3. The number of rotatable bonds is 38. The monoisotopic (exact) mass is 789 g/mol. The maximum absolute atomic E-state index is 12.7. The predicted molar refractivity (Wildman–Crippen MR) is 242 cm³/mol. The van der Waals surface area contributed by atoms with Crippen LogP contribution in [0, 0.1) is 0 Å². The Balaban J connectivity index is 4.56. The lowest BCUT2D eigenvalue weighted by Crippen LogP contribution is -2.30. The van der Waals surface area contributed by atoms with Gasteiger partial charge in [-0.1, -0.05) is 169 Å². The number of allylic oxidation sites excluding steroid dienone is 17. The standard InChI is InChI=1S/C51H80O6/c1-4-7-10-13-16-19-21-23-24-25-26-28-29-32-35-38-41-44-50(53)56-47-48(46-55-49(52)43-40-37-34-31-18-15-12-9-6-3)57-51(54)45-42-39-36-33-30-27-22-20-17-14-11-8-5-2/h7,9-10,12,16,18-19,23-24,26-28,30-32,35,37,40,48H,4-6,8,11,13-15,17,20-22,25,29,33-34,36,38-39,41-47H2,1-3H3/b10-7-,12-9-,19-16-,24-23-,28-26-,30-27-,31-18-,35-32-,40-37-. The highest BCUT2D eigenvalue weighted by Crippen LogP contribution is 2.11. The third kappa shape index (κ3) is 43.0. The van der Waals surface area contributed by atoms with E-state index in [1.54, 1.807) is 6.08 Å². The Kier molecular flexibility index (Phi) is 41.7. The van der Waals surface area contributed by atoms with Crippen molar-refractivity contribution in [2.24, 2.45) is 0 Å². The number of carbonyl (C=O) groups excluding carboxylic acids is 3. The van der Waals surface area contributed by atoms with Gasteiger partial charge in [0.25, 0.3) is 0 Å². The summed E-state index contributed by atoms with van der Waals surface area (Å²) in [5.74, 6) is -1.15. The van der Waals surface area contributed by atoms with E-state index in [1.807, 2.05) is 6.08 Å². The van der Waals surface area contributed by atoms with Gasteiger partial charge in [-0.25, -0.2) is 0 Å². The third-order valence-corrected chi connectivity index (χ3v) is 8.78. The lowest BCUT2D eigenvalue weighted by Gasteiger charge is -2.18. The first-order valence-corrected chi connectivity index (χ1v) is 22.4. The maximum atomic E-state index is 12.7. The van der Waals surface area contributed by atoms with Crippen molar-refractivity contribution in [1.29, 1.82) is 0 Å². The van der Waals surface area contributed by atoms with Crippen molar-refractivity contribution in [3.8, 4) is 0 Å². The van der Waals surface area contributed by atoms with Gasteiger partial charge >= 0.3 is 17.9 Å². The molecular formula is C51H80O6. The van der Waals surface area contributed by atoms with Gasteiger partial charge < -0.3 is 14.2 Å². The van der Waals surface area contributed by atoms with E-state index in [-0.39, 0.29) is 44.4 Å². The van der Waals surface area contributed by atoms with Crippen molar-refractivity contribution in [2.45, 2.75) is 181 Å². The summed E-state index contributed by atoms with van der Waals surface area (Å²) < 4.78 is 16.5. The Morgan fingerprint density at radius 1 is 0.386 bits per heavy atom. The van der Waals surface area contributed by atoms with Gasteiger partial charge in [0.1, 0.15) is 13.2 Å². The Hall–Kier alpha value is -3.93. The van der Waals surface area contributed by atoms with Crippen LogP contribution in [-0.4, -0.2) is 37.2 Å². The largest absolute Gasteiger partial charge is 0.462 e. The summed E-state index contributed by atoms with van der Waals surface area (Å²) in [5.41, 5.74) is 0. The molecule has 0 fully saturated rings. The van der Waals surface area contributed by atoms with Crippen LogP contribution in [0.1, 0.15) is 175 Å². The number of unbranched alkanes of at least 4 members (excludes halogenated alkanes) is 10. The Labute approximate surface area is 349 Å². The molecule has 0 amide bonds. The third-order valence-electron chi connectivity index (χ3n) is 8.78. The molecule has 0 saturated carbocycles. The summed E-state index contributed by atoms with van der Waals surface area (Å²) in [6, 6.07) is 0. The van der Waals surface area contributed by atoms with Gasteiger partial charge in [-0.3, -0.25) is 14.4 Å². The molecule has 6 heteroatoms. The highest BCUT2D eigenvalue weighted by Gasteiger charge is 2.19. The zero-order valence-corrected chi connectivity index (χ0v) is 36.3. The summed E-state index contributed by atoms with van der Waals surface area (Å²) in [6.07, 6.45) is 59.7. The second kappa shape index (κ2) is 44.8. The van der Waals surface area contributed by atoms with Gasteiger partial charge in [-0.15, -0.1) is 0 Å². The molecule has 0 N–H and O–H groups in total. The Morgan fingerprint density at radius 3 is 1.30 bits per heavy atom. The van der Waals surface area contributed by atoms with E-state index in [2.05, 4.69) is 118 Å². The molecule has 0 aromatic heterocycles. The molecular weight excluding hydrogens is 709 g/mol. The second-order valence-corrected chi connectivity index (χ2v) is 14.2. The van der Waals surface area contributed by atoms with Crippen molar-refractivity contribution >= 4 is 17.9 Å². The van der Waals surface area contributed by atoms with Gasteiger partial charge in [0, 0.05) is 12.8 Å². The molecule has 320 valence electrons. The molecule has 57 heavy (non-hydrogen) atoms. The normalized spacial score (nSPS) is 13.1. The quantitative estimate of drug-likeness (QED) is 0.0268. The molecule has 0 aromatic rings. The minimum atomic E-state index is -0.843. The fraction of sp³-hybridized carbons (Fsp3) is 0.588. The van der Waals surface area contributed by atoms with E-state index in [4.69, 9.17) is 14.2 Å². The first kappa shape index (κ1) is 53.1. The van der Waals surface area contributed by atoms with Crippen LogP contribution >= 0.6 is 0 Å². The molecule has 0 aliphatic rings.